The van der Waals surface area contributed by atoms with E-state index in [9.17, 15) is 14.9 Å². The third-order valence-corrected chi connectivity index (χ3v) is 7.11. The number of anilines is 1. The summed E-state index contributed by atoms with van der Waals surface area (Å²) < 4.78 is 0. The first-order chi connectivity index (χ1) is 15.0. The summed E-state index contributed by atoms with van der Waals surface area (Å²) in [6.45, 7) is 2.96. The fraction of sp³-hybridized carbons (Fsp3) is 0.400. The maximum Gasteiger partial charge on any atom is 0.269 e. The van der Waals surface area contributed by atoms with E-state index in [1.807, 2.05) is 23.1 Å². The Kier molecular flexibility index (Phi) is 5.00. The zero-order chi connectivity index (χ0) is 21.5. The lowest BCUT2D eigenvalue weighted by Gasteiger charge is -2.38. The molecular weight excluding hydrogens is 390 g/mol. The molecule has 0 saturated carbocycles. The van der Waals surface area contributed by atoms with E-state index < -0.39 is 0 Å². The van der Waals surface area contributed by atoms with E-state index in [2.05, 4.69) is 30.5 Å². The fourth-order valence-electron chi connectivity index (χ4n) is 5.45. The highest BCUT2D eigenvalue weighted by atomic mass is 16.6. The largest absolute Gasteiger partial charge is 0.378 e. The molecule has 160 valence electrons. The number of allylic oxidation sites excluding steroid dienone is 2. The summed E-state index contributed by atoms with van der Waals surface area (Å²) in [5.41, 5.74) is 3.95. The fourth-order valence-corrected chi connectivity index (χ4v) is 5.45. The quantitative estimate of drug-likeness (QED) is 0.410. The van der Waals surface area contributed by atoms with Crippen LogP contribution in [0.4, 0.5) is 11.4 Å². The van der Waals surface area contributed by atoms with E-state index >= 15 is 0 Å². The molecule has 0 radical (unpaired) electrons. The average molecular weight is 418 g/mol. The van der Waals surface area contributed by atoms with Crippen molar-refractivity contribution in [1.82, 2.24) is 4.90 Å². The number of non-ortho nitro benzene ring substituents is 1. The maximum absolute atomic E-state index is 13.2. The zero-order valence-corrected chi connectivity index (χ0v) is 17.7. The van der Waals surface area contributed by atoms with Crippen LogP contribution in [-0.4, -0.2) is 28.3 Å². The number of hydrogen-bond donors (Lipinski definition) is 1. The minimum absolute atomic E-state index is 0.00364. The van der Waals surface area contributed by atoms with Crippen molar-refractivity contribution in [1.29, 1.82) is 0 Å². The van der Waals surface area contributed by atoms with Gasteiger partial charge >= 0.3 is 0 Å². The second kappa shape index (κ2) is 7.84. The van der Waals surface area contributed by atoms with Gasteiger partial charge in [0.25, 0.3) is 11.6 Å². The first kappa shape index (κ1) is 19.8. The number of piperidine rings is 1. The van der Waals surface area contributed by atoms with E-state index in [0.717, 1.165) is 48.2 Å². The molecule has 0 bridgehead atoms. The van der Waals surface area contributed by atoms with Crippen molar-refractivity contribution in [2.75, 3.05) is 11.9 Å². The Morgan fingerprint density at radius 2 is 2.06 bits per heavy atom. The molecule has 0 spiro atoms. The number of carbonyl (C=O) groups is 1. The van der Waals surface area contributed by atoms with Gasteiger partial charge in [-0.05, 0) is 67.9 Å². The molecule has 0 aromatic heterocycles. The van der Waals surface area contributed by atoms with E-state index in [0.29, 0.717) is 0 Å². The van der Waals surface area contributed by atoms with Crippen molar-refractivity contribution < 1.29 is 9.72 Å². The first-order valence-corrected chi connectivity index (χ1v) is 11.2. The SMILES string of the molecule is C[C@@H]1CCCCN1C(=O)c1ccc2c(c1)[C@@H]1C=CC[C@@H]1[C@H](c1cccc([N+](=O)[O-])c1)N2. The molecule has 2 aliphatic heterocycles. The first-order valence-electron chi connectivity index (χ1n) is 11.2. The predicted octanol–water partition coefficient (Wildman–Crippen LogP) is 5.44. The van der Waals surface area contributed by atoms with Crippen molar-refractivity contribution in [2.24, 2.45) is 5.92 Å². The lowest BCUT2D eigenvalue weighted by Crippen LogP contribution is -2.42. The van der Waals surface area contributed by atoms with Gasteiger partial charge in [0.2, 0.25) is 0 Å². The Morgan fingerprint density at radius 1 is 1.19 bits per heavy atom. The van der Waals surface area contributed by atoms with Crippen LogP contribution in [0.3, 0.4) is 0 Å². The summed E-state index contributed by atoms with van der Waals surface area (Å²) in [6.07, 6.45) is 8.65. The summed E-state index contributed by atoms with van der Waals surface area (Å²) in [5, 5.41) is 14.9. The molecule has 6 nitrogen and oxygen atoms in total. The lowest BCUT2D eigenvalue weighted by molar-refractivity contribution is -0.384. The molecule has 31 heavy (non-hydrogen) atoms. The number of hydrogen-bond acceptors (Lipinski definition) is 4. The van der Waals surface area contributed by atoms with Crippen molar-refractivity contribution >= 4 is 17.3 Å². The number of nitro groups is 1. The number of nitrogens with one attached hydrogen (secondary N) is 1. The summed E-state index contributed by atoms with van der Waals surface area (Å²) in [5.74, 6) is 0.593. The van der Waals surface area contributed by atoms with Gasteiger partial charge in [-0.2, -0.15) is 0 Å². The summed E-state index contributed by atoms with van der Waals surface area (Å²) >= 11 is 0. The highest BCUT2D eigenvalue weighted by Crippen LogP contribution is 2.50. The molecule has 2 heterocycles. The summed E-state index contributed by atoms with van der Waals surface area (Å²) in [4.78, 5) is 26.1. The van der Waals surface area contributed by atoms with Gasteiger partial charge in [0.15, 0.2) is 0 Å². The number of nitro benzene ring substituents is 1. The maximum atomic E-state index is 13.2. The van der Waals surface area contributed by atoms with Gasteiger partial charge in [0.1, 0.15) is 0 Å². The minimum atomic E-state index is -0.343. The van der Waals surface area contributed by atoms with Crippen LogP contribution in [0.5, 0.6) is 0 Å². The molecule has 3 aliphatic rings. The summed E-state index contributed by atoms with van der Waals surface area (Å²) in [7, 11) is 0. The monoisotopic (exact) mass is 417 g/mol. The average Bonchev–Trinajstić information content (AvgIpc) is 3.28. The third-order valence-electron chi connectivity index (χ3n) is 7.11. The van der Waals surface area contributed by atoms with Gasteiger partial charge < -0.3 is 10.2 Å². The molecule has 1 fully saturated rings. The van der Waals surface area contributed by atoms with Crippen LogP contribution in [0.15, 0.2) is 54.6 Å². The molecule has 2 aromatic carbocycles. The van der Waals surface area contributed by atoms with Gasteiger partial charge in [-0.1, -0.05) is 24.3 Å². The normalized spacial score (nSPS) is 26.7. The number of carbonyl (C=O) groups excluding carboxylic acids is 1. The smallest absolute Gasteiger partial charge is 0.269 e. The van der Waals surface area contributed by atoms with Crippen LogP contribution in [-0.2, 0) is 0 Å². The molecule has 5 rings (SSSR count). The van der Waals surface area contributed by atoms with Gasteiger partial charge in [-0.15, -0.1) is 0 Å². The molecule has 2 aromatic rings. The van der Waals surface area contributed by atoms with Crippen molar-refractivity contribution in [3.8, 4) is 0 Å². The number of rotatable bonds is 3. The van der Waals surface area contributed by atoms with E-state index in [1.165, 1.54) is 12.5 Å². The van der Waals surface area contributed by atoms with Crippen LogP contribution >= 0.6 is 0 Å². The number of nitrogens with zero attached hydrogens (tertiary/aromatic N) is 2. The van der Waals surface area contributed by atoms with Crippen LogP contribution in [0, 0.1) is 16.0 Å². The van der Waals surface area contributed by atoms with Crippen LogP contribution in [0.2, 0.25) is 0 Å². The van der Waals surface area contributed by atoms with Gasteiger partial charge in [0.05, 0.1) is 11.0 Å². The molecule has 1 N–H and O–H groups in total. The van der Waals surface area contributed by atoms with Gasteiger partial charge in [-0.25, -0.2) is 0 Å². The molecule has 4 atom stereocenters. The van der Waals surface area contributed by atoms with Gasteiger partial charge in [-0.3, -0.25) is 14.9 Å². The Bertz CT molecular complexity index is 1060. The second-order valence-electron chi connectivity index (χ2n) is 8.97. The Morgan fingerprint density at radius 3 is 2.87 bits per heavy atom. The highest BCUT2D eigenvalue weighted by Gasteiger charge is 2.38. The van der Waals surface area contributed by atoms with Crippen LogP contribution in [0.1, 0.15) is 66.1 Å². The Labute approximate surface area is 182 Å². The van der Waals surface area contributed by atoms with Gasteiger partial charge in [0, 0.05) is 41.9 Å². The number of benzene rings is 2. The van der Waals surface area contributed by atoms with Crippen molar-refractivity contribution in [2.45, 2.75) is 50.6 Å². The number of fused-ring (bicyclic) bond motifs is 3. The van der Waals surface area contributed by atoms with E-state index in [1.54, 1.807) is 12.1 Å². The Balaban J connectivity index is 1.47. The topological polar surface area (TPSA) is 75.5 Å². The molecule has 0 unspecified atom stereocenters. The number of likely N-dealkylation sites (tertiary alicyclic amines) is 1. The van der Waals surface area contributed by atoms with Crippen LogP contribution < -0.4 is 5.32 Å². The molecule has 6 heteroatoms. The van der Waals surface area contributed by atoms with Crippen molar-refractivity contribution in [3.05, 3.63) is 81.4 Å². The number of amides is 1. The predicted molar refractivity (Wildman–Crippen MR) is 120 cm³/mol. The standard InChI is InChI=1S/C25H27N3O3/c1-16-6-2-3-13-27(16)25(29)18-11-12-23-22(15-18)20-9-5-10-21(20)24(26-23)17-7-4-8-19(14-17)28(30)31/h4-5,7-9,11-12,14-16,20-21,24,26H,2-3,6,10,13H2,1H3/t16-,20-,21+,24+/m1/s1. The van der Waals surface area contributed by atoms with E-state index in [-0.39, 0.29) is 40.4 Å². The third kappa shape index (κ3) is 3.50. The summed E-state index contributed by atoms with van der Waals surface area (Å²) in [6, 6.07) is 13.2. The second-order valence-corrected chi connectivity index (χ2v) is 8.97. The molecule has 1 saturated heterocycles. The lowest BCUT2D eigenvalue weighted by atomic mass is 9.76. The molecule has 1 amide bonds. The molecule has 1 aliphatic carbocycles. The van der Waals surface area contributed by atoms with Crippen molar-refractivity contribution in [3.63, 3.8) is 0 Å². The molecular formula is C25H27N3O3. The zero-order valence-electron chi connectivity index (χ0n) is 17.7. The highest BCUT2D eigenvalue weighted by molar-refractivity contribution is 5.95. The van der Waals surface area contributed by atoms with E-state index in [4.69, 9.17) is 0 Å². The van der Waals surface area contributed by atoms with Crippen LogP contribution in [0.25, 0.3) is 0 Å². The Hall–Kier alpha value is -3.15. The minimum Gasteiger partial charge on any atom is -0.378 e.